The van der Waals surface area contributed by atoms with Gasteiger partial charge in [-0.25, -0.2) is 4.79 Å². The van der Waals surface area contributed by atoms with Crippen molar-refractivity contribution < 1.29 is 14.5 Å². The van der Waals surface area contributed by atoms with E-state index < -0.39 is 13.1 Å². The zero-order chi connectivity index (χ0) is 18.0. The molecule has 3 aromatic carbocycles. The number of aromatic carboxylic acids is 1. The molecule has 3 rings (SSSR count). The van der Waals surface area contributed by atoms with Gasteiger partial charge in [-0.05, 0) is 26.0 Å². The quantitative estimate of drug-likeness (QED) is 0.731. The molecule has 0 atom stereocenters. The van der Waals surface area contributed by atoms with Gasteiger partial charge in [-0.1, -0.05) is 71.8 Å². The van der Waals surface area contributed by atoms with Crippen LogP contribution in [0.4, 0.5) is 0 Å². The summed E-state index contributed by atoms with van der Waals surface area (Å²) in [5.41, 5.74) is 2.30. The Hall–Kier alpha value is -2.64. The van der Waals surface area contributed by atoms with E-state index in [2.05, 4.69) is 0 Å². The van der Waals surface area contributed by atoms with E-state index in [1.165, 1.54) is 12.1 Å². The SMILES string of the molecule is Cc1ccc(P(=O)(c2ccc(C)cc2)c2cccc(C(=O)O)c2)cc1. The third-order valence-corrected chi connectivity index (χ3v) is 7.31. The van der Waals surface area contributed by atoms with Gasteiger partial charge in [0, 0.05) is 15.9 Å². The van der Waals surface area contributed by atoms with Gasteiger partial charge in [0.15, 0.2) is 7.14 Å². The average Bonchev–Trinajstić information content (AvgIpc) is 2.62. The van der Waals surface area contributed by atoms with Gasteiger partial charge in [-0.15, -0.1) is 0 Å². The standard InChI is InChI=1S/C21H19O3P/c1-15-6-10-18(11-7-15)25(24,19-12-8-16(2)9-13-19)20-5-3-4-17(14-20)21(22)23/h3-14H,1-2H3,(H,22,23). The smallest absolute Gasteiger partial charge is 0.335 e. The van der Waals surface area contributed by atoms with Crippen LogP contribution in [0.1, 0.15) is 21.5 Å². The van der Waals surface area contributed by atoms with Crippen LogP contribution in [0.3, 0.4) is 0 Å². The first kappa shape index (κ1) is 17.2. The number of aryl methyl sites for hydroxylation is 2. The molecule has 0 bridgehead atoms. The number of hydrogen-bond acceptors (Lipinski definition) is 2. The lowest BCUT2D eigenvalue weighted by Crippen LogP contribution is -2.25. The van der Waals surface area contributed by atoms with Crippen molar-refractivity contribution in [2.75, 3.05) is 0 Å². The second-order valence-electron chi connectivity index (χ2n) is 6.14. The summed E-state index contributed by atoms with van der Waals surface area (Å²) in [4.78, 5) is 11.4. The van der Waals surface area contributed by atoms with Gasteiger partial charge in [0.2, 0.25) is 0 Å². The number of carboxylic acids is 1. The number of rotatable bonds is 4. The predicted octanol–water partition coefficient (Wildman–Crippen LogP) is 3.64. The maximum Gasteiger partial charge on any atom is 0.335 e. The van der Waals surface area contributed by atoms with E-state index in [0.29, 0.717) is 15.9 Å². The Labute approximate surface area is 147 Å². The summed E-state index contributed by atoms with van der Waals surface area (Å²) in [5, 5.41) is 11.2. The van der Waals surface area contributed by atoms with Gasteiger partial charge in [-0.2, -0.15) is 0 Å². The van der Waals surface area contributed by atoms with E-state index in [9.17, 15) is 14.5 Å². The molecule has 0 amide bonds. The molecule has 0 aromatic heterocycles. The van der Waals surface area contributed by atoms with Gasteiger partial charge in [0.1, 0.15) is 0 Å². The Kier molecular flexibility index (Phi) is 4.61. The van der Waals surface area contributed by atoms with Gasteiger partial charge in [0.05, 0.1) is 5.56 Å². The van der Waals surface area contributed by atoms with Crippen molar-refractivity contribution in [3.05, 3.63) is 89.5 Å². The highest BCUT2D eigenvalue weighted by Crippen LogP contribution is 2.42. The minimum absolute atomic E-state index is 0.136. The molecule has 25 heavy (non-hydrogen) atoms. The molecule has 0 unspecified atom stereocenters. The van der Waals surface area contributed by atoms with E-state index in [1.54, 1.807) is 12.1 Å². The number of benzene rings is 3. The van der Waals surface area contributed by atoms with Crippen molar-refractivity contribution in [1.29, 1.82) is 0 Å². The first-order valence-corrected chi connectivity index (χ1v) is 9.70. The monoisotopic (exact) mass is 350 g/mol. The van der Waals surface area contributed by atoms with Crippen LogP contribution in [-0.4, -0.2) is 11.1 Å². The minimum atomic E-state index is -3.15. The molecule has 0 spiro atoms. The normalized spacial score (nSPS) is 11.3. The van der Waals surface area contributed by atoms with E-state index in [0.717, 1.165) is 11.1 Å². The summed E-state index contributed by atoms with van der Waals surface area (Å²) in [6.45, 7) is 3.96. The molecule has 3 nitrogen and oxygen atoms in total. The van der Waals surface area contributed by atoms with Crippen LogP contribution in [0.15, 0.2) is 72.8 Å². The summed E-state index contributed by atoms with van der Waals surface area (Å²) in [6, 6.07) is 21.6. The lowest BCUT2D eigenvalue weighted by Gasteiger charge is -2.20. The van der Waals surface area contributed by atoms with Crippen molar-refractivity contribution >= 4 is 29.0 Å². The molecule has 4 heteroatoms. The molecule has 1 N–H and O–H groups in total. The van der Waals surface area contributed by atoms with Gasteiger partial charge < -0.3 is 9.67 Å². The van der Waals surface area contributed by atoms with E-state index in [4.69, 9.17) is 0 Å². The summed E-state index contributed by atoms with van der Waals surface area (Å²) in [7, 11) is -3.15. The summed E-state index contributed by atoms with van der Waals surface area (Å²) in [5.74, 6) is -1.03. The van der Waals surface area contributed by atoms with Crippen LogP contribution in [-0.2, 0) is 4.57 Å². The maximum atomic E-state index is 14.2. The Morgan fingerprint density at radius 3 is 1.68 bits per heavy atom. The van der Waals surface area contributed by atoms with Crippen molar-refractivity contribution in [2.24, 2.45) is 0 Å². The third kappa shape index (κ3) is 3.29. The highest BCUT2D eigenvalue weighted by molar-refractivity contribution is 7.85. The first-order chi connectivity index (χ1) is 11.9. The van der Waals surface area contributed by atoms with Gasteiger partial charge in [-0.3, -0.25) is 0 Å². The highest BCUT2D eigenvalue weighted by Gasteiger charge is 2.30. The second-order valence-corrected chi connectivity index (χ2v) is 8.90. The molecule has 0 heterocycles. The van der Waals surface area contributed by atoms with Crippen LogP contribution >= 0.6 is 7.14 Å². The topological polar surface area (TPSA) is 54.4 Å². The van der Waals surface area contributed by atoms with Crippen LogP contribution in [0, 0.1) is 13.8 Å². The number of carboxylic acid groups (broad SMARTS) is 1. The summed E-state index contributed by atoms with van der Waals surface area (Å²) >= 11 is 0. The molecule has 126 valence electrons. The molecule has 0 fully saturated rings. The molecule has 0 aliphatic heterocycles. The molecule has 0 aliphatic rings. The summed E-state index contributed by atoms with van der Waals surface area (Å²) < 4.78 is 14.2. The molecule has 0 aliphatic carbocycles. The average molecular weight is 350 g/mol. The van der Waals surface area contributed by atoms with Crippen molar-refractivity contribution in [2.45, 2.75) is 13.8 Å². The first-order valence-electron chi connectivity index (χ1n) is 8.00. The molecule has 0 saturated heterocycles. The zero-order valence-electron chi connectivity index (χ0n) is 14.1. The Morgan fingerprint density at radius 1 is 0.760 bits per heavy atom. The number of carbonyl (C=O) groups is 1. The molecular formula is C21H19O3P. The second kappa shape index (κ2) is 6.70. The Bertz CT molecular complexity index is 908. The van der Waals surface area contributed by atoms with Crippen LogP contribution in [0.25, 0.3) is 0 Å². The largest absolute Gasteiger partial charge is 0.478 e. The lowest BCUT2D eigenvalue weighted by atomic mass is 10.2. The highest BCUT2D eigenvalue weighted by atomic mass is 31.2. The molecule has 0 saturated carbocycles. The van der Waals surface area contributed by atoms with Crippen LogP contribution in [0.2, 0.25) is 0 Å². The van der Waals surface area contributed by atoms with Gasteiger partial charge in [0.25, 0.3) is 0 Å². The van der Waals surface area contributed by atoms with E-state index in [-0.39, 0.29) is 5.56 Å². The van der Waals surface area contributed by atoms with Crippen LogP contribution < -0.4 is 15.9 Å². The fourth-order valence-corrected chi connectivity index (χ4v) is 5.44. The maximum absolute atomic E-state index is 14.2. The fraction of sp³-hybridized carbons (Fsp3) is 0.0952. The van der Waals surface area contributed by atoms with E-state index >= 15 is 0 Å². The molecule has 0 radical (unpaired) electrons. The van der Waals surface area contributed by atoms with Crippen LogP contribution in [0.5, 0.6) is 0 Å². The minimum Gasteiger partial charge on any atom is -0.478 e. The van der Waals surface area contributed by atoms with E-state index in [1.807, 2.05) is 62.4 Å². The lowest BCUT2D eigenvalue weighted by molar-refractivity contribution is 0.0697. The number of hydrogen-bond donors (Lipinski definition) is 1. The fourth-order valence-electron chi connectivity index (χ4n) is 2.79. The third-order valence-electron chi connectivity index (χ3n) is 4.25. The summed E-state index contributed by atoms with van der Waals surface area (Å²) in [6.07, 6.45) is 0. The van der Waals surface area contributed by atoms with Crippen molar-refractivity contribution in [3.8, 4) is 0 Å². The predicted molar refractivity (Wildman–Crippen MR) is 102 cm³/mol. The molecular weight excluding hydrogens is 331 g/mol. The Morgan fingerprint density at radius 2 is 1.24 bits per heavy atom. The Balaban J connectivity index is 2.27. The van der Waals surface area contributed by atoms with Gasteiger partial charge >= 0.3 is 5.97 Å². The zero-order valence-corrected chi connectivity index (χ0v) is 15.0. The van der Waals surface area contributed by atoms with Crippen molar-refractivity contribution in [1.82, 2.24) is 0 Å². The van der Waals surface area contributed by atoms with Crippen molar-refractivity contribution in [3.63, 3.8) is 0 Å². The molecule has 3 aromatic rings.